The number of amides is 3. The Kier molecular flexibility index (Phi) is 4.09. The molecular formula is C16H17F2N3O4. The number of carbonyl (C=O) groups excluding carboxylic acids is 3. The summed E-state index contributed by atoms with van der Waals surface area (Å²) >= 11 is 0. The van der Waals surface area contributed by atoms with Gasteiger partial charge in [-0.05, 0) is 25.0 Å². The molecule has 134 valence electrons. The van der Waals surface area contributed by atoms with Crippen LogP contribution in [0, 0.1) is 0 Å². The number of fused-ring (bicyclic) bond motifs is 1. The molecule has 0 aromatic heterocycles. The van der Waals surface area contributed by atoms with Gasteiger partial charge in [0.1, 0.15) is 12.1 Å². The van der Waals surface area contributed by atoms with Crippen molar-refractivity contribution in [2.45, 2.75) is 37.3 Å². The van der Waals surface area contributed by atoms with E-state index in [0.29, 0.717) is 17.7 Å². The lowest BCUT2D eigenvalue weighted by Gasteiger charge is -2.34. The highest BCUT2D eigenvalue weighted by Gasteiger charge is 2.51. The molecule has 0 atom stereocenters. The second-order valence-corrected chi connectivity index (χ2v) is 6.18. The molecule has 3 amide bonds. The third-order valence-electron chi connectivity index (χ3n) is 4.50. The van der Waals surface area contributed by atoms with Gasteiger partial charge in [-0.3, -0.25) is 19.3 Å². The van der Waals surface area contributed by atoms with Crippen molar-refractivity contribution in [1.82, 2.24) is 5.32 Å². The Morgan fingerprint density at radius 1 is 1.24 bits per heavy atom. The molecule has 1 heterocycles. The van der Waals surface area contributed by atoms with E-state index in [0.717, 1.165) is 12.8 Å². The van der Waals surface area contributed by atoms with Crippen LogP contribution in [-0.2, 0) is 14.4 Å². The number of halogens is 2. The number of hydrogen-bond donors (Lipinski definition) is 2. The Bertz CT molecular complexity index is 732. The van der Waals surface area contributed by atoms with Crippen LogP contribution in [0.2, 0.25) is 0 Å². The summed E-state index contributed by atoms with van der Waals surface area (Å²) in [4.78, 5) is 36.7. The number of rotatable bonds is 4. The van der Waals surface area contributed by atoms with Crippen LogP contribution in [0.5, 0.6) is 5.75 Å². The summed E-state index contributed by atoms with van der Waals surface area (Å²) in [5.74, 6) is -3.25. The fourth-order valence-electron chi connectivity index (χ4n) is 3.23. The summed E-state index contributed by atoms with van der Waals surface area (Å²) in [5, 5.41) is 2.52. The van der Waals surface area contributed by atoms with Gasteiger partial charge >= 0.3 is 12.0 Å². The second-order valence-electron chi connectivity index (χ2n) is 6.18. The standard InChI is InChI=1S/C16H17F2N3O4/c17-16(18)14(24)21(10-5-1-2-6-11(10)25-16)9-12(22)20-15(13(19)23)7-3-4-8-15/h1-2,5-6H,3-4,7-9H2,(H2,19,23)(H,20,22). The SMILES string of the molecule is NC(=O)C1(NC(=O)CN2C(=O)C(F)(F)Oc3ccccc32)CCCC1. The van der Waals surface area contributed by atoms with Gasteiger partial charge < -0.3 is 15.8 Å². The molecule has 7 nitrogen and oxygen atoms in total. The minimum atomic E-state index is -4.07. The average molecular weight is 353 g/mol. The summed E-state index contributed by atoms with van der Waals surface area (Å²) in [6.45, 7) is -0.663. The first kappa shape index (κ1) is 17.1. The smallest absolute Gasteiger partial charge is 0.423 e. The summed E-state index contributed by atoms with van der Waals surface area (Å²) in [5.41, 5.74) is 4.26. The van der Waals surface area contributed by atoms with E-state index in [9.17, 15) is 23.2 Å². The molecule has 0 saturated heterocycles. The quantitative estimate of drug-likeness (QED) is 0.840. The molecule has 9 heteroatoms. The van der Waals surface area contributed by atoms with Crippen LogP contribution in [0.25, 0.3) is 0 Å². The van der Waals surface area contributed by atoms with E-state index < -0.39 is 35.9 Å². The van der Waals surface area contributed by atoms with Gasteiger partial charge in [0, 0.05) is 0 Å². The molecule has 2 aliphatic rings. The van der Waals surface area contributed by atoms with E-state index in [1.54, 1.807) is 0 Å². The molecule has 3 N–H and O–H groups in total. The molecular weight excluding hydrogens is 336 g/mol. The molecule has 1 aliphatic carbocycles. The van der Waals surface area contributed by atoms with Crippen molar-refractivity contribution >= 4 is 23.4 Å². The number of nitrogens with zero attached hydrogens (tertiary/aromatic N) is 1. The van der Waals surface area contributed by atoms with Crippen molar-refractivity contribution < 1.29 is 27.9 Å². The van der Waals surface area contributed by atoms with E-state index in [-0.39, 0.29) is 11.4 Å². The van der Waals surface area contributed by atoms with Crippen LogP contribution in [0.1, 0.15) is 25.7 Å². The van der Waals surface area contributed by atoms with Crippen molar-refractivity contribution in [2.24, 2.45) is 5.73 Å². The van der Waals surface area contributed by atoms with Crippen LogP contribution >= 0.6 is 0 Å². The lowest BCUT2D eigenvalue weighted by molar-refractivity contribution is -0.192. The Balaban J connectivity index is 1.83. The summed E-state index contributed by atoms with van der Waals surface area (Å²) in [7, 11) is 0. The van der Waals surface area contributed by atoms with E-state index in [1.807, 2.05) is 0 Å². The van der Waals surface area contributed by atoms with E-state index in [1.165, 1.54) is 24.3 Å². The monoisotopic (exact) mass is 353 g/mol. The third kappa shape index (κ3) is 3.01. The van der Waals surface area contributed by atoms with Crippen LogP contribution in [0.4, 0.5) is 14.5 Å². The van der Waals surface area contributed by atoms with E-state index in [2.05, 4.69) is 10.1 Å². The zero-order chi connectivity index (χ0) is 18.2. The van der Waals surface area contributed by atoms with Crippen molar-refractivity contribution in [3.8, 4) is 5.75 Å². The van der Waals surface area contributed by atoms with Crippen LogP contribution in [-0.4, -0.2) is 35.9 Å². The number of nitrogens with one attached hydrogen (secondary N) is 1. The van der Waals surface area contributed by atoms with Crippen LogP contribution < -0.4 is 20.7 Å². The first-order valence-corrected chi connectivity index (χ1v) is 7.84. The number of primary amides is 1. The van der Waals surface area contributed by atoms with Gasteiger partial charge in [-0.25, -0.2) is 0 Å². The number of benzene rings is 1. The predicted molar refractivity (Wildman–Crippen MR) is 82.9 cm³/mol. The molecule has 25 heavy (non-hydrogen) atoms. The molecule has 1 aliphatic heterocycles. The molecule has 0 unspecified atom stereocenters. The number of carbonyl (C=O) groups is 3. The van der Waals surface area contributed by atoms with Gasteiger partial charge in [-0.2, -0.15) is 8.78 Å². The van der Waals surface area contributed by atoms with Gasteiger partial charge in [-0.1, -0.05) is 25.0 Å². The maximum atomic E-state index is 13.8. The van der Waals surface area contributed by atoms with E-state index in [4.69, 9.17) is 5.73 Å². The highest BCUT2D eigenvalue weighted by Crippen LogP contribution is 2.39. The fourth-order valence-corrected chi connectivity index (χ4v) is 3.23. The zero-order valence-electron chi connectivity index (χ0n) is 13.3. The second kappa shape index (κ2) is 5.98. The molecule has 1 fully saturated rings. The molecule has 3 rings (SSSR count). The number of para-hydroxylation sites is 2. The van der Waals surface area contributed by atoms with E-state index >= 15 is 0 Å². The molecule has 1 aromatic carbocycles. The Labute approximate surface area is 142 Å². The van der Waals surface area contributed by atoms with Gasteiger partial charge in [0.15, 0.2) is 5.75 Å². The summed E-state index contributed by atoms with van der Waals surface area (Å²) in [6.07, 6.45) is -1.85. The maximum absolute atomic E-state index is 13.8. The van der Waals surface area contributed by atoms with Gasteiger partial charge in [0.25, 0.3) is 0 Å². The number of nitrogens with two attached hydrogens (primary N) is 1. The van der Waals surface area contributed by atoms with Crippen molar-refractivity contribution in [1.29, 1.82) is 0 Å². The predicted octanol–water partition coefficient (Wildman–Crippen LogP) is 0.919. The molecule has 0 bridgehead atoms. The van der Waals surface area contributed by atoms with Crippen LogP contribution in [0.15, 0.2) is 24.3 Å². The fraction of sp³-hybridized carbons (Fsp3) is 0.438. The lowest BCUT2D eigenvalue weighted by Crippen LogP contribution is -2.59. The highest BCUT2D eigenvalue weighted by atomic mass is 19.3. The number of anilines is 1. The minimum Gasteiger partial charge on any atom is -0.423 e. The summed E-state index contributed by atoms with van der Waals surface area (Å²) < 4.78 is 31.9. The molecule has 0 radical (unpaired) electrons. The first-order chi connectivity index (χ1) is 11.8. The van der Waals surface area contributed by atoms with Gasteiger partial charge in [0.05, 0.1) is 5.69 Å². The largest absolute Gasteiger partial charge is 0.482 e. The number of hydrogen-bond acceptors (Lipinski definition) is 4. The minimum absolute atomic E-state index is 0.0631. The maximum Gasteiger partial charge on any atom is 0.482 e. The first-order valence-electron chi connectivity index (χ1n) is 7.84. The zero-order valence-corrected chi connectivity index (χ0v) is 13.3. The van der Waals surface area contributed by atoms with Crippen molar-refractivity contribution in [3.05, 3.63) is 24.3 Å². The number of ether oxygens (including phenoxy) is 1. The molecule has 0 spiro atoms. The van der Waals surface area contributed by atoms with Crippen molar-refractivity contribution in [2.75, 3.05) is 11.4 Å². The Hall–Kier alpha value is -2.71. The highest BCUT2D eigenvalue weighted by molar-refractivity contribution is 6.05. The number of alkyl halides is 2. The Morgan fingerprint density at radius 2 is 1.88 bits per heavy atom. The topological polar surface area (TPSA) is 102 Å². The van der Waals surface area contributed by atoms with Gasteiger partial charge in [0.2, 0.25) is 11.8 Å². The molecule has 1 saturated carbocycles. The Morgan fingerprint density at radius 3 is 2.52 bits per heavy atom. The lowest BCUT2D eigenvalue weighted by atomic mass is 9.96. The van der Waals surface area contributed by atoms with Crippen LogP contribution in [0.3, 0.4) is 0 Å². The summed E-state index contributed by atoms with van der Waals surface area (Å²) in [6, 6.07) is 5.69. The van der Waals surface area contributed by atoms with Gasteiger partial charge in [-0.15, -0.1) is 0 Å². The van der Waals surface area contributed by atoms with Crippen molar-refractivity contribution in [3.63, 3.8) is 0 Å². The average Bonchev–Trinajstić information content (AvgIpc) is 3.01. The third-order valence-corrected chi connectivity index (χ3v) is 4.50. The normalized spacial score (nSPS) is 20.6. The molecule has 1 aromatic rings.